The molecular formula is C11H19N3OS. The number of anilines is 2. The van der Waals surface area contributed by atoms with E-state index in [4.69, 9.17) is 10.8 Å². The lowest BCUT2D eigenvalue weighted by Crippen LogP contribution is -2.38. The largest absolute Gasteiger partial charge is 0.395 e. The van der Waals surface area contributed by atoms with Crippen molar-refractivity contribution in [2.24, 2.45) is 0 Å². The van der Waals surface area contributed by atoms with Crippen molar-refractivity contribution in [3.8, 4) is 0 Å². The van der Waals surface area contributed by atoms with Crippen LogP contribution in [0.3, 0.4) is 0 Å². The van der Waals surface area contributed by atoms with E-state index in [9.17, 15) is 0 Å². The second kappa shape index (κ2) is 5.50. The fourth-order valence-corrected chi connectivity index (χ4v) is 3.16. The number of aromatic nitrogens is 1. The lowest BCUT2D eigenvalue weighted by atomic mass is 9.94. The van der Waals surface area contributed by atoms with Crippen molar-refractivity contribution < 1.29 is 5.11 Å². The molecule has 0 aliphatic heterocycles. The van der Waals surface area contributed by atoms with Gasteiger partial charge in [0.05, 0.1) is 6.61 Å². The van der Waals surface area contributed by atoms with E-state index in [1.165, 1.54) is 43.6 Å². The Morgan fingerprint density at radius 1 is 1.44 bits per heavy atom. The molecule has 1 aliphatic carbocycles. The Balaban J connectivity index is 2.09. The molecule has 1 fully saturated rings. The van der Waals surface area contributed by atoms with Crippen LogP contribution >= 0.6 is 11.5 Å². The Bertz CT molecular complexity index is 323. The number of aliphatic hydroxyl groups excluding tert-OH is 1. The molecule has 1 aromatic heterocycles. The number of nitrogens with two attached hydrogens (primary N) is 1. The van der Waals surface area contributed by atoms with Gasteiger partial charge in [-0.1, -0.05) is 19.3 Å². The van der Waals surface area contributed by atoms with E-state index in [2.05, 4.69) is 9.27 Å². The van der Waals surface area contributed by atoms with Gasteiger partial charge in [-0.2, -0.15) is 4.37 Å². The van der Waals surface area contributed by atoms with Crippen LogP contribution < -0.4 is 10.6 Å². The third-order valence-corrected chi connectivity index (χ3v) is 4.00. The van der Waals surface area contributed by atoms with E-state index in [-0.39, 0.29) is 6.61 Å². The average Bonchev–Trinajstić information content (AvgIpc) is 2.74. The predicted octanol–water partition coefficient (Wildman–Crippen LogP) is 1.86. The van der Waals surface area contributed by atoms with Crippen LogP contribution in [0.2, 0.25) is 0 Å². The normalized spacial score (nSPS) is 17.6. The summed E-state index contributed by atoms with van der Waals surface area (Å²) in [6, 6.07) is 2.47. The van der Waals surface area contributed by atoms with Crippen molar-refractivity contribution in [2.45, 2.75) is 38.1 Å². The van der Waals surface area contributed by atoms with Gasteiger partial charge >= 0.3 is 0 Å². The second-order valence-electron chi connectivity index (χ2n) is 4.30. The summed E-state index contributed by atoms with van der Waals surface area (Å²) in [5.41, 5.74) is 5.65. The molecule has 0 amide bonds. The molecule has 0 unspecified atom stereocenters. The summed E-state index contributed by atoms with van der Waals surface area (Å²) in [5.74, 6) is 0.582. The number of aliphatic hydroxyl groups is 1. The van der Waals surface area contributed by atoms with Gasteiger partial charge < -0.3 is 15.7 Å². The van der Waals surface area contributed by atoms with E-state index in [0.717, 1.165) is 5.00 Å². The standard InChI is InChI=1S/C11H19N3OS/c12-10-8-11(16-13-10)14(6-7-15)9-4-2-1-3-5-9/h8-9,15H,1-7H2,(H2,12,13). The second-order valence-corrected chi connectivity index (χ2v) is 5.08. The molecule has 0 bridgehead atoms. The molecule has 90 valence electrons. The van der Waals surface area contributed by atoms with Crippen molar-refractivity contribution in [2.75, 3.05) is 23.8 Å². The maximum Gasteiger partial charge on any atom is 0.139 e. The zero-order valence-electron chi connectivity index (χ0n) is 9.43. The van der Waals surface area contributed by atoms with Crippen LogP contribution in [0.5, 0.6) is 0 Å². The molecule has 2 rings (SSSR count). The van der Waals surface area contributed by atoms with Crippen LogP contribution in [-0.4, -0.2) is 28.7 Å². The first-order valence-electron chi connectivity index (χ1n) is 5.91. The Morgan fingerprint density at radius 3 is 2.75 bits per heavy atom. The number of hydrogen-bond donors (Lipinski definition) is 2. The lowest BCUT2D eigenvalue weighted by molar-refractivity contribution is 0.290. The molecule has 5 heteroatoms. The number of nitrogen functional groups attached to an aromatic ring is 1. The van der Waals surface area contributed by atoms with Crippen LogP contribution in [0.4, 0.5) is 10.8 Å². The number of rotatable bonds is 4. The first-order chi connectivity index (χ1) is 7.81. The van der Waals surface area contributed by atoms with Crippen molar-refractivity contribution in [1.29, 1.82) is 0 Å². The molecule has 16 heavy (non-hydrogen) atoms. The minimum Gasteiger partial charge on any atom is -0.395 e. The van der Waals surface area contributed by atoms with Gasteiger partial charge in [0.1, 0.15) is 10.8 Å². The van der Waals surface area contributed by atoms with Crippen molar-refractivity contribution in [3.63, 3.8) is 0 Å². The molecular weight excluding hydrogens is 222 g/mol. The topological polar surface area (TPSA) is 62.4 Å². The molecule has 0 aromatic carbocycles. The SMILES string of the molecule is Nc1cc(N(CCO)C2CCCCC2)sn1. The quantitative estimate of drug-likeness (QED) is 0.844. The van der Waals surface area contributed by atoms with E-state index in [1.54, 1.807) is 0 Å². The molecule has 0 atom stereocenters. The van der Waals surface area contributed by atoms with Gasteiger partial charge in [0.2, 0.25) is 0 Å². The third-order valence-electron chi connectivity index (χ3n) is 3.16. The van der Waals surface area contributed by atoms with E-state index in [1.807, 2.05) is 6.07 Å². The average molecular weight is 241 g/mol. The van der Waals surface area contributed by atoms with E-state index < -0.39 is 0 Å². The Labute approximate surface area is 100 Å². The van der Waals surface area contributed by atoms with Crippen molar-refractivity contribution in [1.82, 2.24) is 4.37 Å². The molecule has 4 nitrogen and oxygen atoms in total. The van der Waals surface area contributed by atoms with Gasteiger partial charge in [-0.3, -0.25) is 0 Å². The Morgan fingerprint density at radius 2 is 2.19 bits per heavy atom. The summed E-state index contributed by atoms with van der Waals surface area (Å²) in [7, 11) is 0. The highest BCUT2D eigenvalue weighted by atomic mass is 32.1. The summed E-state index contributed by atoms with van der Waals surface area (Å²) in [5, 5.41) is 10.2. The zero-order chi connectivity index (χ0) is 11.4. The molecule has 1 aromatic rings. The molecule has 0 saturated heterocycles. The fraction of sp³-hybridized carbons (Fsp3) is 0.727. The van der Waals surface area contributed by atoms with Gasteiger partial charge in [-0.25, -0.2) is 0 Å². The minimum atomic E-state index is 0.189. The summed E-state index contributed by atoms with van der Waals surface area (Å²) < 4.78 is 4.11. The zero-order valence-corrected chi connectivity index (χ0v) is 10.2. The molecule has 1 aliphatic rings. The van der Waals surface area contributed by atoms with Gasteiger partial charge in [0.25, 0.3) is 0 Å². The fourth-order valence-electron chi connectivity index (χ4n) is 2.39. The van der Waals surface area contributed by atoms with E-state index in [0.29, 0.717) is 18.4 Å². The molecule has 1 saturated carbocycles. The first kappa shape index (κ1) is 11.7. The summed E-state index contributed by atoms with van der Waals surface area (Å²) in [6.07, 6.45) is 6.37. The predicted molar refractivity (Wildman–Crippen MR) is 67.8 cm³/mol. The number of hydrogen-bond acceptors (Lipinski definition) is 5. The van der Waals surface area contributed by atoms with Gasteiger partial charge in [-0.05, 0) is 24.4 Å². The highest BCUT2D eigenvalue weighted by Crippen LogP contribution is 2.30. The van der Waals surface area contributed by atoms with E-state index >= 15 is 0 Å². The van der Waals surface area contributed by atoms with Crippen LogP contribution in [0.15, 0.2) is 6.07 Å². The molecule has 0 radical (unpaired) electrons. The first-order valence-corrected chi connectivity index (χ1v) is 6.68. The smallest absolute Gasteiger partial charge is 0.139 e. The highest BCUT2D eigenvalue weighted by Gasteiger charge is 2.22. The van der Waals surface area contributed by atoms with Crippen LogP contribution in [-0.2, 0) is 0 Å². The molecule has 0 spiro atoms. The Kier molecular flexibility index (Phi) is 4.01. The molecule has 1 heterocycles. The molecule has 3 N–H and O–H groups in total. The minimum absolute atomic E-state index is 0.189. The number of nitrogens with zero attached hydrogens (tertiary/aromatic N) is 2. The lowest BCUT2D eigenvalue weighted by Gasteiger charge is -2.34. The van der Waals surface area contributed by atoms with Gasteiger partial charge in [-0.15, -0.1) is 0 Å². The van der Waals surface area contributed by atoms with Crippen LogP contribution in [0.25, 0.3) is 0 Å². The summed E-state index contributed by atoms with van der Waals surface area (Å²) in [6.45, 7) is 0.876. The van der Waals surface area contributed by atoms with Crippen LogP contribution in [0.1, 0.15) is 32.1 Å². The van der Waals surface area contributed by atoms with Crippen molar-refractivity contribution >= 4 is 22.4 Å². The maximum absolute atomic E-state index is 9.15. The van der Waals surface area contributed by atoms with Crippen LogP contribution in [0, 0.1) is 0 Å². The third kappa shape index (κ3) is 2.65. The summed E-state index contributed by atoms with van der Waals surface area (Å²) >= 11 is 1.43. The highest BCUT2D eigenvalue weighted by molar-refractivity contribution is 7.10. The van der Waals surface area contributed by atoms with Gasteiger partial charge in [0.15, 0.2) is 0 Å². The monoisotopic (exact) mass is 241 g/mol. The van der Waals surface area contributed by atoms with Crippen molar-refractivity contribution in [3.05, 3.63) is 6.07 Å². The summed E-state index contributed by atoms with van der Waals surface area (Å²) in [4.78, 5) is 2.27. The maximum atomic E-state index is 9.15. The van der Waals surface area contributed by atoms with Gasteiger partial charge in [0, 0.05) is 18.7 Å². The Hall–Kier alpha value is -0.810.